The van der Waals surface area contributed by atoms with Crippen LogP contribution in [0.5, 0.6) is 0 Å². The molecule has 2 aromatic heterocycles. The highest BCUT2D eigenvalue weighted by atomic mass is 35.5. The summed E-state index contributed by atoms with van der Waals surface area (Å²) in [4.78, 5) is 23.7. The summed E-state index contributed by atoms with van der Waals surface area (Å²) in [6.45, 7) is 2.64. The number of H-pyrrole nitrogens is 1. The monoisotopic (exact) mass is 582 g/mol. The van der Waals surface area contributed by atoms with E-state index in [0.717, 1.165) is 28.6 Å². The SMILES string of the molecule is N=C(N)N1CC(C(=O)NCC2c3[nH]c4ccc(Cl)cc4c3CCN2CCNc2ccc(Cl)c(C(F)(F)F)n2)C1. The van der Waals surface area contributed by atoms with E-state index in [1.165, 1.54) is 12.1 Å². The predicted octanol–water partition coefficient (Wildman–Crippen LogP) is 3.84. The molecule has 1 unspecified atom stereocenters. The first-order valence-electron chi connectivity index (χ1n) is 12.4. The van der Waals surface area contributed by atoms with Crippen LogP contribution in [-0.4, -0.2) is 70.9 Å². The molecule has 1 fully saturated rings. The molecule has 1 atom stereocenters. The number of carbonyl (C=O) groups is 1. The van der Waals surface area contributed by atoms with Gasteiger partial charge < -0.3 is 26.3 Å². The Balaban J connectivity index is 1.30. The molecule has 0 bridgehead atoms. The van der Waals surface area contributed by atoms with E-state index in [1.54, 1.807) is 4.90 Å². The van der Waals surface area contributed by atoms with E-state index >= 15 is 0 Å². The standard InChI is InChI=1S/C25H27Cl2F3N8O/c26-14-1-3-18-16(9-14)15-5-7-37(8-6-33-20-4-2-17(27)22(36-20)25(28,29)30)19(21(15)35-18)10-34-23(39)13-11-38(12-13)24(31)32/h1-4,9,13,19,35H,5-8,10-12H2,(H3,31,32)(H,33,36)(H,34,39). The average Bonchev–Trinajstić information content (AvgIpc) is 3.20. The molecule has 9 nitrogen and oxygen atoms in total. The third kappa shape index (κ3) is 5.73. The zero-order chi connectivity index (χ0) is 27.9. The number of guanidine groups is 1. The molecular weight excluding hydrogens is 556 g/mol. The quantitative estimate of drug-likeness (QED) is 0.213. The smallest absolute Gasteiger partial charge is 0.370 e. The Morgan fingerprint density at radius 1 is 1.23 bits per heavy atom. The molecule has 6 N–H and O–H groups in total. The summed E-state index contributed by atoms with van der Waals surface area (Å²) < 4.78 is 39.6. The van der Waals surface area contributed by atoms with Crippen LogP contribution in [-0.2, 0) is 17.4 Å². The zero-order valence-corrected chi connectivity index (χ0v) is 22.2. The number of aromatic amines is 1. The second-order valence-electron chi connectivity index (χ2n) is 9.69. The molecule has 0 spiro atoms. The number of nitrogens with two attached hydrogens (primary N) is 1. The number of anilines is 1. The number of nitrogens with one attached hydrogen (secondary N) is 4. The number of hydrogen-bond acceptors (Lipinski definition) is 5. The van der Waals surface area contributed by atoms with Gasteiger partial charge in [0.2, 0.25) is 5.91 Å². The van der Waals surface area contributed by atoms with Crippen LogP contribution in [0, 0.1) is 11.3 Å². The first-order chi connectivity index (χ1) is 18.5. The van der Waals surface area contributed by atoms with E-state index in [2.05, 4.69) is 25.5 Å². The molecule has 0 saturated carbocycles. The largest absolute Gasteiger partial charge is 0.434 e. The number of likely N-dealkylation sites (tertiary alicyclic amines) is 1. The highest BCUT2D eigenvalue weighted by Crippen LogP contribution is 2.36. The molecular formula is C25H27Cl2F3N8O. The third-order valence-corrected chi connectivity index (χ3v) is 7.75. The lowest BCUT2D eigenvalue weighted by Crippen LogP contribution is -2.58. The van der Waals surface area contributed by atoms with Gasteiger partial charge in [0.15, 0.2) is 11.7 Å². The minimum absolute atomic E-state index is 0.0519. The lowest BCUT2D eigenvalue weighted by Gasteiger charge is -2.39. The van der Waals surface area contributed by atoms with Crippen LogP contribution in [0.4, 0.5) is 19.0 Å². The van der Waals surface area contributed by atoms with Crippen LogP contribution in [0.3, 0.4) is 0 Å². The first kappa shape index (κ1) is 27.4. The van der Waals surface area contributed by atoms with Crippen LogP contribution in [0.25, 0.3) is 10.9 Å². The molecule has 1 aromatic carbocycles. The summed E-state index contributed by atoms with van der Waals surface area (Å²) >= 11 is 11.9. The van der Waals surface area contributed by atoms with E-state index in [9.17, 15) is 18.0 Å². The summed E-state index contributed by atoms with van der Waals surface area (Å²) in [5.41, 5.74) is 7.40. The second-order valence-corrected chi connectivity index (χ2v) is 10.5. The molecule has 2 aliphatic heterocycles. The van der Waals surface area contributed by atoms with Crippen LogP contribution >= 0.6 is 23.2 Å². The predicted molar refractivity (Wildman–Crippen MR) is 144 cm³/mol. The van der Waals surface area contributed by atoms with Crippen molar-refractivity contribution in [2.24, 2.45) is 11.7 Å². The van der Waals surface area contributed by atoms with Gasteiger partial charge in [-0.1, -0.05) is 23.2 Å². The minimum Gasteiger partial charge on any atom is -0.370 e. The number of hydrogen-bond donors (Lipinski definition) is 5. The van der Waals surface area contributed by atoms with Crippen LogP contribution in [0.15, 0.2) is 30.3 Å². The number of pyridine rings is 1. The van der Waals surface area contributed by atoms with Crippen LogP contribution in [0.1, 0.15) is 23.0 Å². The number of nitrogens with zero attached hydrogens (tertiary/aromatic N) is 3. The topological polar surface area (TPSA) is 126 Å². The fourth-order valence-corrected chi connectivity index (χ4v) is 5.52. The van der Waals surface area contributed by atoms with Gasteiger partial charge in [0, 0.05) is 60.9 Å². The number of fused-ring (bicyclic) bond motifs is 3. The number of carbonyl (C=O) groups excluding carboxylic acids is 1. The summed E-state index contributed by atoms with van der Waals surface area (Å²) in [7, 11) is 0. The molecule has 3 aromatic rings. The number of halogens is 5. The van der Waals surface area contributed by atoms with E-state index < -0.39 is 16.9 Å². The first-order valence-corrected chi connectivity index (χ1v) is 13.1. The van der Waals surface area contributed by atoms with Crippen molar-refractivity contribution in [2.45, 2.75) is 18.6 Å². The normalized spacial score (nSPS) is 18.1. The van der Waals surface area contributed by atoms with Gasteiger partial charge >= 0.3 is 6.18 Å². The number of benzene rings is 1. The number of amides is 1. The second kappa shape index (κ2) is 10.7. The molecule has 2 aliphatic rings. The van der Waals surface area contributed by atoms with Crippen LogP contribution < -0.4 is 16.4 Å². The fourth-order valence-electron chi connectivity index (χ4n) is 5.14. The van der Waals surface area contributed by atoms with Crippen molar-refractivity contribution in [3.05, 3.63) is 57.3 Å². The van der Waals surface area contributed by atoms with Gasteiger partial charge in [0.25, 0.3) is 0 Å². The van der Waals surface area contributed by atoms with Crippen molar-refractivity contribution in [2.75, 3.05) is 44.6 Å². The molecule has 39 heavy (non-hydrogen) atoms. The summed E-state index contributed by atoms with van der Waals surface area (Å²) in [6, 6.07) is 8.05. The third-order valence-electron chi connectivity index (χ3n) is 7.21. The Labute approximate surface area is 232 Å². The van der Waals surface area contributed by atoms with E-state index in [-0.39, 0.29) is 29.6 Å². The van der Waals surface area contributed by atoms with Crippen LogP contribution in [0.2, 0.25) is 10.0 Å². The molecule has 208 valence electrons. The van der Waals surface area contributed by atoms with Crippen molar-refractivity contribution in [3.63, 3.8) is 0 Å². The van der Waals surface area contributed by atoms with Gasteiger partial charge in [-0.2, -0.15) is 13.2 Å². The minimum atomic E-state index is -4.65. The maximum Gasteiger partial charge on any atom is 0.434 e. The highest BCUT2D eigenvalue weighted by Gasteiger charge is 2.37. The van der Waals surface area contributed by atoms with Crippen molar-refractivity contribution in [1.82, 2.24) is 25.1 Å². The zero-order valence-electron chi connectivity index (χ0n) is 20.7. The lowest BCUT2D eigenvalue weighted by atomic mass is 9.96. The van der Waals surface area contributed by atoms with Gasteiger partial charge in [0.05, 0.1) is 17.0 Å². The lowest BCUT2D eigenvalue weighted by molar-refractivity contribution is -0.141. The average molecular weight is 583 g/mol. The van der Waals surface area contributed by atoms with Crippen molar-refractivity contribution < 1.29 is 18.0 Å². The Bertz CT molecular complexity index is 1410. The van der Waals surface area contributed by atoms with E-state index in [1.807, 2.05) is 18.2 Å². The molecule has 0 radical (unpaired) electrons. The van der Waals surface area contributed by atoms with E-state index in [4.69, 9.17) is 34.3 Å². The van der Waals surface area contributed by atoms with Crippen molar-refractivity contribution in [1.29, 1.82) is 5.41 Å². The molecule has 14 heteroatoms. The van der Waals surface area contributed by atoms with Gasteiger partial charge in [-0.3, -0.25) is 15.1 Å². The molecule has 1 amide bonds. The summed E-state index contributed by atoms with van der Waals surface area (Å²) in [5.74, 6) is -0.326. The van der Waals surface area contributed by atoms with Gasteiger partial charge in [-0.15, -0.1) is 0 Å². The van der Waals surface area contributed by atoms with Gasteiger partial charge in [-0.25, -0.2) is 4.98 Å². The molecule has 0 aliphatic carbocycles. The highest BCUT2D eigenvalue weighted by molar-refractivity contribution is 6.31. The van der Waals surface area contributed by atoms with E-state index in [0.29, 0.717) is 44.3 Å². The fraction of sp³-hybridized carbons (Fsp3) is 0.400. The summed E-state index contributed by atoms with van der Waals surface area (Å²) in [6.07, 6.45) is -3.91. The number of rotatable bonds is 7. The Kier molecular flexibility index (Phi) is 7.53. The Morgan fingerprint density at radius 3 is 2.72 bits per heavy atom. The van der Waals surface area contributed by atoms with Crippen molar-refractivity contribution >= 4 is 51.8 Å². The molecule has 5 rings (SSSR count). The molecule has 4 heterocycles. The van der Waals surface area contributed by atoms with Crippen molar-refractivity contribution in [3.8, 4) is 0 Å². The molecule has 1 saturated heterocycles. The maximum absolute atomic E-state index is 13.2. The number of aromatic nitrogens is 2. The van der Waals surface area contributed by atoms with Gasteiger partial charge in [0.1, 0.15) is 5.82 Å². The Morgan fingerprint density at radius 2 is 2.00 bits per heavy atom. The summed E-state index contributed by atoms with van der Waals surface area (Å²) in [5, 5.41) is 14.7. The maximum atomic E-state index is 13.2. The van der Waals surface area contributed by atoms with Gasteiger partial charge in [-0.05, 0) is 42.3 Å². The number of alkyl halides is 3. The Hall–Kier alpha value is -3.22.